The molecule has 1 atom stereocenters. The van der Waals surface area contributed by atoms with Gasteiger partial charge in [-0.1, -0.05) is 6.07 Å². The molecule has 136 valence electrons. The summed E-state index contributed by atoms with van der Waals surface area (Å²) in [7, 11) is 1.97. The molecule has 3 rings (SSSR count). The highest BCUT2D eigenvalue weighted by Crippen LogP contribution is 2.11. The quantitative estimate of drug-likeness (QED) is 0.577. The molecule has 0 spiro atoms. The van der Waals surface area contributed by atoms with Crippen LogP contribution < -0.4 is 10.6 Å². The highest BCUT2D eigenvalue weighted by Gasteiger charge is 2.16. The minimum Gasteiger partial charge on any atom is -0.381 e. The maximum Gasteiger partial charge on any atom is 0.191 e. The van der Waals surface area contributed by atoms with E-state index in [9.17, 15) is 0 Å². The van der Waals surface area contributed by atoms with E-state index in [-0.39, 0.29) is 0 Å². The molecule has 3 heterocycles. The van der Waals surface area contributed by atoms with Crippen molar-refractivity contribution in [1.82, 2.24) is 25.4 Å². The normalized spacial score (nSPS) is 17.8. The van der Waals surface area contributed by atoms with Gasteiger partial charge >= 0.3 is 0 Å². The summed E-state index contributed by atoms with van der Waals surface area (Å²) in [4.78, 5) is 6.06. The van der Waals surface area contributed by atoms with Gasteiger partial charge in [-0.2, -0.15) is 0 Å². The Hall–Kier alpha value is -1.93. The maximum atomic E-state index is 5.45. The first-order chi connectivity index (χ1) is 12.2. The van der Waals surface area contributed by atoms with Crippen LogP contribution in [-0.4, -0.2) is 47.0 Å². The van der Waals surface area contributed by atoms with Crippen molar-refractivity contribution in [1.29, 1.82) is 0 Å². The summed E-state index contributed by atoms with van der Waals surface area (Å²) < 4.78 is 7.42. The molecule has 0 radical (unpaired) electrons. The van der Waals surface area contributed by atoms with Crippen molar-refractivity contribution in [3.8, 4) is 0 Å². The number of guanidine groups is 1. The van der Waals surface area contributed by atoms with Crippen LogP contribution in [0.3, 0.4) is 0 Å². The third-order valence-corrected chi connectivity index (χ3v) is 5.32. The molecule has 1 unspecified atom stereocenters. The van der Waals surface area contributed by atoms with Crippen LogP contribution in [0.4, 0.5) is 0 Å². The van der Waals surface area contributed by atoms with Crippen molar-refractivity contribution in [3.63, 3.8) is 0 Å². The Balaban J connectivity index is 1.55. The van der Waals surface area contributed by atoms with E-state index in [0.717, 1.165) is 56.8 Å². The molecular formula is C17H26N6OS. The van der Waals surface area contributed by atoms with Gasteiger partial charge in [-0.3, -0.25) is 0 Å². The second kappa shape index (κ2) is 8.96. The standard InChI is InChI=1S/C17H26N6OS/c1-13-21-22-16(23(13)2)11-20-17(19-10-14-6-8-24-12-14)18-7-5-15-4-3-9-25-15/h3-4,9,14H,5-8,10-12H2,1-2H3,(H2,18,19,20). The van der Waals surface area contributed by atoms with Gasteiger partial charge in [0.1, 0.15) is 12.4 Å². The lowest BCUT2D eigenvalue weighted by Gasteiger charge is -2.15. The molecule has 1 fully saturated rings. The highest BCUT2D eigenvalue weighted by molar-refractivity contribution is 7.09. The molecule has 1 saturated heterocycles. The molecule has 0 amide bonds. The minimum absolute atomic E-state index is 0.507. The number of aryl methyl sites for hydroxylation is 1. The summed E-state index contributed by atoms with van der Waals surface area (Å²) in [6.45, 7) is 5.88. The summed E-state index contributed by atoms with van der Waals surface area (Å²) in [5, 5.41) is 17.2. The number of aliphatic imine (C=N–C) groups is 1. The molecule has 0 bridgehead atoms. The van der Waals surface area contributed by atoms with Crippen LogP contribution in [-0.2, 0) is 24.8 Å². The molecule has 0 aliphatic carbocycles. The van der Waals surface area contributed by atoms with Crippen LogP contribution in [0.5, 0.6) is 0 Å². The molecular weight excluding hydrogens is 336 g/mol. The Morgan fingerprint density at radius 2 is 2.36 bits per heavy atom. The van der Waals surface area contributed by atoms with Crippen LogP contribution in [0, 0.1) is 12.8 Å². The Labute approximate surface area is 152 Å². The first-order valence-electron chi connectivity index (χ1n) is 8.69. The van der Waals surface area contributed by atoms with Gasteiger partial charge in [0, 0.05) is 37.5 Å². The number of nitrogens with zero attached hydrogens (tertiary/aromatic N) is 4. The molecule has 2 aromatic heterocycles. The number of hydrogen-bond donors (Lipinski definition) is 2. The van der Waals surface area contributed by atoms with E-state index in [0.29, 0.717) is 12.5 Å². The summed E-state index contributed by atoms with van der Waals surface area (Å²) >= 11 is 1.78. The highest BCUT2D eigenvalue weighted by atomic mass is 32.1. The molecule has 0 saturated carbocycles. The van der Waals surface area contributed by atoms with E-state index >= 15 is 0 Å². The first-order valence-corrected chi connectivity index (χ1v) is 9.57. The van der Waals surface area contributed by atoms with Crippen molar-refractivity contribution >= 4 is 17.3 Å². The van der Waals surface area contributed by atoms with Gasteiger partial charge in [-0.15, -0.1) is 21.5 Å². The van der Waals surface area contributed by atoms with Crippen molar-refractivity contribution in [2.75, 3.05) is 26.3 Å². The Bertz CT molecular complexity index is 675. The number of aromatic nitrogens is 3. The molecule has 1 aliphatic heterocycles. The lowest BCUT2D eigenvalue weighted by Crippen LogP contribution is -2.41. The topological polar surface area (TPSA) is 76.4 Å². The summed E-state index contributed by atoms with van der Waals surface area (Å²) in [5.74, 6) is 3.14. The zero-order chi connectivity index (χ0) is 17.5. The predicted molar refractivity (Wildman–Crippen MR) is 99.8 cm³/mol. The number of rotatable bonds is 7. The Kier molecular flexibility index (Phi) is 6.41. The minimum atomic E-state index is 0.507. The van der Waals surface area contributed by atoms with E-state index in [1.54, 1.807) is 11.3 Å². The van der Waals surface area contributed by atoms with Gasteiger partial charge in [-0.05, 0) is 31.2 Å². The molecule has 0 aromatic carbocycles. The van der Waals surface area contributed by atoms with Crippen molar-refractivity contribution in [2.45, 2.75) is 26.3 Å². The van der Waals surface area contributed by atoms with Crippen molar-refractivity contribution in [3.05, 3.63) is 34.0 Å². The third kappa shape index (κ3) is 5.27. The van der Waals surface area contributed by atoms with Crippen LogP contribution >= 0.6 is 11.3 Å². The Morgan fingerprint density at radius 3 is 3.04 bits per heavy atom. The fourth-order valence-corrected chi connectivity index (χ4v) is 3.37. The lowest BCUT2D eigenvalue weighted by molar-refractivity contribution is 0.186. The first kappa shape index (κ1) is 17.9. The fraction of sp³-hybridized carbons (Fsp3) is 0.588. The van der Waals surface area contributed by atoms with E-state index in [2.05, 4.69) is 43.3 Å². The van der Waals surface area contributed by atoms with Gasteiger partial charge in [-0.25, -0.2) is 4.99 Å². The SMILES string of the molecule is Cc1nnc(CN=C(NCCc2cccs2)NCC2CCOC2)n1C. The Morgan fingerprint density at radius 1 is 1.44 bits per heavy atom. The largest absolute Gasteiger partial charge is 0.381 e. The molecule has 1 aliphatic rings. The summed E-state index contributed by atoms with van der Waals surface area (Å²) in [6.07, 6.45) is 2.10. The number of ether oxygens (including phenoxy) is 1. The average molecular weight is 363 g/mol. The number of thiophene rings is 1. The predicted octanol–water partition coefficient (Wildman–Crippen LogP) is 1.50. The average Bonchev–Trinajstić information content (AvgIpc) is 3.36. The van der Waals surface area contributed by atoms with Crippen molar-refractivity contribution < 1.29 is 4.74 Å². The molecule has 8 heteroatoms. The molecule has 7 nitrogen and oxygen atoms in total. The molecule has 2 aromatic rings. The molecule has 25 heavy (non-hydrogen) atoms. The monoisotopic (exact) mass is 362 g/mol. The number of hydrogen-bond acceptors (Lipinski definition) is 5. The smallest absolute Gasteiger partial charge is 0.191 e. The maximum absolute atomic E-state index is 5.45. The number of nitrogens with one attached hydrogen (secondary N) is 2. The van der Waals surface area contributed by atoms with Gasteiger partial charge in [0.25, 0.3) is 0 Å². The van der Waals surface area contributed by atoms with Crippen LogP contribution in [0.25, 0.3) is 0 Å². The van der Waals surface area contributed by atoms with E-state index in [4.69, 9.17) is 4.74 Å². The van der Waals surface area contributed by atoms with Gasteiger partial charge in [0.15, 0.2) is 11.8 Å². The van der Waals surface area contributed by atoms with Crippen LogP contribution in [0.2, 0.25) is 0 Å². The second-order valence-corrected chi connectivity index (χ2v) is 7.29. The van der Waals surface area contributed by atoms with E-state index in [1.165, 1.54) is 4.88 Å². The molecule has 2 N–H and O–H groups in total. The summed E-state index contributed by atoms with van der Waals surface area (Å²) in [6, 6.07) is 4.25. The zero-order valence-electron chi connectivity index (χ0n) is 14.9. The van der Waals surface area contributed by atoms with E-state index in [1.807, 2.05) is 18.5 Å². The van der Waals surface area contributed by atoms with Gasteiger partial charge < -0.3 is 19.9 Å². The summed E-state index contributed by atoms with van der Waals surface area (Å²) in [5.41, 5.74) is 0. The van der Waals surface area contributed by atoms with Gasteiger partial charge in [0.2, 0.25) is 0 Å². The second-order valence-electron chi connectivity index (χ2n) is 6.25. The van der Waals surface area contributed by atoms with Gasteiger partial charge in [0.05, 0.1) is 6.61 Å². The van der Waals surface area contributed by atoms with E-state index < -0.39 is 0 Å². The zero-order valence-corrected chi connectivity index (χ0v) is 15.7. The fourth-order valence-electron chi connectivity index (χ4n) is 2.66. The third-order valence-electron chi connectivity index (χ3n) is 4.39. The van der Waals surface area contributed by atoms with Crippen LogP contribution in [0.1, 0.15) is 22.9 Å². The van der Waals surface area contributed by atoms with Crippen LogP contribution in [0.15, 0.2) is 22.5 Å². The lowest BCUT2D eigenvalue weighted by atomic mass is 10.1. The van der Waals surface area contributed by atoms with Crippen molar-refractivity contribution in [2.24, 2.45) is 18.0 Å².